The molecular formula is C17H25NO. The van der Waals surface area contributed by atoms with Crippen molar-refractivity contribution >= 4 is 0 Å². The highest BCUT2D eigenvalue weighted by Gasteiger charge is 2.46. The van der Waals surface area contributed by atoms with Gasteiger partial charge in [-0.25, -0.2) is 0 Å². The van der Waals surface area contributed by atoms with Crippen molar-refractivity contribution in [1.82, 2.24) is 5.32 Å². The molecule has 1 saturated heterocycles. The van der Waals surface area contributed by atoms with Crippen LogP contribution in [-0.4, -0.2) is 18.2 Å². The summed E-state index contributed by atoms with van der Waals surface area (Å²) in [7, 11) is 0. The molecule has 1 saturated carbocycles. The average molecular weight is 259 g/mol. The third-order valence-corrected chi connectivity index (χ3v) is 4.97. The Morgan fingerprint density at radius 2 is 1.58 bits per heavy atom. The van der Waals surface area contributed by atoms with Gasteiger partial charge in [-0.2, -0.15) is 0 Å². The van der Waals surface area contributed by atoms with E-state index in [1.54, 1.807) is 0 Å². The van der Waals surface area contributed by atoms with Gasteiger partial charge in [0.15, 0.2) is 0 Å². The van der Waals surface area contributed by atoms with Gasteiger partial charge in [-0.1, -0.05) is 45.0 Å². The molecule has 19 heavy (non-hydrogen) atoms. The molecule has 1 aromatic rings. The molecule has 1 heterocycles. The smallest absolute Gasteiger partial charge is 0.0903 e. The summed E-state index contributed by atoms with van der Waals surface area (Å²) in [6, 6.07) is 8.63. The fraction of sp³-hybridized carbons (Fsp3) is 0.647. The van der Waals surface area contributed by atoms with E-state index in [0.717, 1.165) is 31.5 Å². The van der Waals surface area contributed by atoms with Crippen LogP contribution in [-0.2, 0) is 11.0 Å². The van der Waals surface area contributed by atoms with Crippen LogP contribution in [0.4, 0.5) is 0 Å². The van der Waals surface area contributed by atoms with E-state index in [0.29, 0.717) is 11.8 Å². The molecule has 1 aliphatic carbocycles. The lowest BCUT2D eigenvalue weighted by molar-refractivity contribution is 0.0358. The van der Waals surface area contributed by atoms with Crippen molar-refractivity contribution < 1.29 is 5.11 Å². The first-order chi connectivity index (χ1) is 8.88. The molecule has 0 radical (unpaired) electrons. The lowest BCUT2D eigenvalue weighted by atomic mass is 9.84. The maximum absolute atomic E-state index is 10.9. The van der Waals surface area contributed by atoms with Crippen molar-refractivity contribution in [2.24, 2.45) is 11.8 Å². The molecule has 3 atom stereocenters. The predicted octanol–water partition coefficient (Wildman–Crippen LogP) is 2.80. The molecule has 0 spiro atoms. The summed E-state index contributed by atoms with van der Waals surface area (Å²) in [4.78, 5) is 0. The molecule has 0 amide bonds. The fourth-order valence-corrected chi connectivity index (χ4v) is 3.73. The second-order valence-electron chi connectivity index (χ2n) is 7.45. The summed E-state index contributed by atoms with van der Waals surface area (Å²) in [6.07, 6.45) is 1.83. The van der Waals surface area contributed by atoms with Gasteiger partial charge < -0.3 is 10.4 Å². The monoisotopic (exact) mass is 259 g/mol. The van der Waals surface area contributed by atoms with Crippen molar-refractivity contribution in [2.45, 2.75) is 44.6 Å². The molecule has 0 bridgehead atoms. The molecule has 1 aromatic carbocycles. The van der Waals surface area contributed by atoms with E-state index in [2.05, 4.69) is 50.4 Å². The van der Waals surface area contributed by atoms with E-state index in [9.17, 15) is 5.11 Å². The number of aliphatic hydroxyl groups is 1. The Labute approximate surface area is 116 Å². The zero-order chi connectivity index (χ0) is 13.7. The van der Waals surface area contributed by atoms with Crippen LogP contribution < -0.4 is 5.32 Å². The Bertz CT molecular complexity index is 445. The zero-order valence-electron chi connectivity index (χ0n) is 12.2. The largest absolute Gasteiger partial charge is 0.385 e. The van der Waals surface area contributed by atoms with Gasteiger partial charge in [-0.05, 0) is 54.3 Å². The van der Waals surface area contributed by atoms with Gasteiger partial charge in [-0.3, -0.25) is 0 Å². The van der Waals surface area contributed by atoms with E-state index in [1.165, 1.54) is 5.56 Å². The second kappa shape index (κ2) is 4.32. The van der Waals surface area contributed by atoms with Crippen LogP contribution in [0, 0.1) is 11.8 Å². The number of benzene rings is 1. The fourth-order valence-electron chi connectivity index (χ4n) is 3.73. The predicted molar refractivity (Wildman–Crippen MR) is 78.1 cm³/mol. The maximum Gasteiger partial charge on any atom is 0.0903 e. The standard InChI is InChI=1S/C17H25NO/c1-16(2,3)14-4-6-15(7-5-14)17(19)8-12-10-18-11-13(12)9-17/h4-7,12-13,18-19H,8-11H2,1-3H3/t12-,13+,17-. The Balaban J connectivity index is 1.83. The third kappa shape index (κ3) is 2.32. The normalized spacial score (nSPS) is 34.5. The van der Waals surface area contributed by atoms with Crippen LogP contribution >= 0.6 is 0 Å². The van der Waals surface area contributed by atoms with Crippen LogP contribution in [0.2, 0.25) is 0 Å². The molecule has 0 unspecified atom stereocenters. The SMILES string of the molecule is CC(C)(C)c1ccc([C@]2(O)C[C@H]3CNC[C@H]3C2)cc1. The van der Waals surface area contributed by atoms with Crippen LogP contribution in [0.3, 0.4) is 0 Å². The molecule has 2 nitrogen and oxygen atoms in total. The molecule has 104 valence electrons. The van der Waals surface area contributed by atoms with Crippen molar-refractivity contribution in [3.8, 4) is 0 Å². The number of fused-ring (bicyclic) bond motifs is 1. The van der Waals surface area contributed by atoms with Crippen molar-refractivity contribution in [1.29, 1.82) is 0 Å². The third-order valence-electron chi connectivity index (χ3n) is 4.97. The van der Waals surface area contributed by atoms with Gasteiger partial charge in [0, 0.05) is 0 Å². The lowest BCUT2D eigenvalue weighted by Gasteiger charge is -2.26. The van der Waals surface area contributed by atoms with E-state index in [1.807, 2.05) is 0 Å². The molecule has 0 aromatic heterocycles. The highest BCUT2D eigenvalue weighted by atomic mass is 16.3. The summed E-state index contributed by atoms with van der Waals surface area (Å²) >= 11 is 0. The molecule has 1 aliphatic heterocycles. The van der Waals surface area contributed by atoms with Gasteiger partial charge in [0.25, 0.3) is 0 Å². The average Bonchev–Trinajstić information content (AvgIpc) is 2.87. The Hall–Kier alpha value is -0.860. The Morgan fingerprint density at radius 3 is 2.05 bits per heavy atom. The summed E-state index contributed by atoms with van der Waals surface area (Å²) < 4.78 is 0. The van der Waals surface area contributed by atoms with E-state index in [4.69, 9.17) is 0 Å². The molecule has 3 rings (SSSR count). The quantitative estimate of drug-likeness (QED) is 0.813. The summed E-state index contributed by atoms with van der Waals surface area (Å²) in [5, 5.41) is 14.4. The first kappa shape index (κ1) is 13.1. The minimum absolute atomic E-state index is 0.178. The van der Waals surface area contributed by atoms with Crippen LogP contribution in [0.5, 0.6) is 0 Å². The van der Waals surface area contributed by atoms with Crippen molar-refractivity contribution in [3.63, 3.8) is 0 Å². The molecular weight excluding hydrogens is 234 g/mol. The Kier molecular flexibility index (Phi) is 2.99. The van der Waals surface area contributed by atoms with Crippen LogP contribution in [0.1, 0.15) is 44.7 Å². The summed E-state index contributed by atoms with van der Waals surface area (Å²) in [5.74, 6) is 1.32. The lowest BCUT2D eigenvalue weighted by Crippen LogP contribution is -2.25. The van der Waals surface area contributed by atoms with E-state index in [-0.39, 0.29) is 5.41 Å². The zero-order valence-corrected chi connectivity index (χ0v) is 12.2. The number of hydrogen-bond acceptors (Lipinski definition) is 2. The highest BCUT2D eigenvalue weighted by Crippen LogP contribution is 2.47. The van der Waals surface area contributed by atoms with E-state index < -0.39 is 5.60 Å². The number of hydrogen-bond donors (Lipinski definition) is 2. The van der Waals surface area contributed by atoms with Crippen LogP contribution in [0.15, 0.2) is 24.3 Å². The van der Waals surface area contributed by atoms with Gasteiger partial charge in [-0.15, -0.1) is 0 Å². The molecule has 2 N–H and O–H groups in total. The Morgan fingerprint density at radius 1 is 1.05 bits per heavy atom. The second-order valence-corrected chi connectivity index (χ2v) is 7.45. The first-order valence-electron chi connectivity index (χ1n) is 7.43. The number of rotatable bonds is 1. The minimum atomic E-state index is -0.589. The van der Waals surface area contributed by atoms with Gasteiger partial charge >= 0.3 is 0 Å². The minimum Gasteiger partial charge on any atom is -0.385 e. The summed E-state index contributed by atoms with van der Waals surface area (Å²) in [5.41, 5.74) is 2.03. The molecule has 2 aliphatic rings. The van der Waals surface area contributed by atoms with Gasteiger partial charge in [0.05, 0.1) is 5.60 Å². The number of nitrogens with one attached hydrogen (secondary N) is 1. The molecule has 2 fully saturated rings. The van der Waals surface area contributed by atoms with Crippen molar-refractivity contribution in [2.75, 3.05) is 13.1 Å². The van der Waals surface area contributed by atoms with Gasteiger partial charge in [0.1, 0.15) is 0 Å². The topological polar surface area (TPSA) is 32.3 Å². The maximum atomic E-state index is 10.9. The van der Waals surface area contributed by atoms with Gasteiger partial charge in [0.2, 0.25) is 0 Å². The van der Waals surface area contributed by atoms with E-state index >= 15 is 0 Å². The van der Waals surface area contributed by atoms with Crippen molar-refractivity contribution in [3.05, 3.63) is 35.4 Å². The van der Waals surface area contributed by atoms with Crippen LogP contribution in [0.25, 0.3) is 0 Å². The summed E-state index contributed by atoms with van der Waals surface area (Å²) in [6.45, 7) is 8.83. The first-order valence-corrected chi connectivity index (χ1v) is 7.43. The highest BCUT2D eigenvalue weighted by molar-refractivity contribution is 5.32. The molecule has 2 heteroatoms.